The Morgan fingerprint density at radius 1 is 1.33 bits per heavy atom. The van der Waals surface area contributed by atoms with Crippen LogP contribution in [0.4, 0.5) is 0 Å². The first-order chi connectivity index (χ1) is 13.8. The van der Waals surface area contributed by atoms with E-state index in [1.165, 1.54) is 5.57 Å². The van der Waals surface area contributed by atoms with Gasteiger partial charge in [0.25, 0.3) is 0 Å². The Bertz CT molecular complexity index is 719. The van der Waals surface area contributed by atoms with Gasteiger partial charge in [-0.2, -0.15) is 0 Å². The predicted molar refractivity (Wildman–Crippen MR) is 118 cm³/mol. The number of hydrogen-bond acceptors (Lipinski definition) is 4. The lowest BCUT2D eigenvalue weighted by molar-refractivity contribution is -0.199. The third-order valence-electron chi connectivity index (χ3n) is 7.91. The molecule has 0 heterocycles. The molecule has 0 aromatic carbocycles. The summed E-state index contributed by atoms with van der Waals surface area (Å²) < 4.78 is 5.83. The molecule has 6 atom stereocenters. The number of esters is 1. The van der Waals surface area contributed by atoms with E-state index in [1.807, 2.05) is 6.92 Å². The van der Waals surface area contributed by atoms with Crippen molar-refractivity contribution in [1.29, 1.82) is 0 Å². The zero-order valence-corrected chi connectivity index (χ0v) is 19.7. The van der Waals surface area contributed by atoms with Gasteiger partial charge in [0, 0.05) is 17.4 Å². The van der Waals surface area contributed by atoms with Crippen molar-refractivity contribution in [2.24, 2.45) is 28.6 Å². The van der Waals surface area contributed by atoms with Crippen LogP contribution < -0.4 is 0 Å². The molecule has 0 radical (unpaired) electrons. The van der Waals surface area contributed by atoms with Gasteiger partial charge < -0.3 is 14.9 Å². The van der Waals surface area contributed by atoms with Crippen LogP contribution in [0.5, 0.6) is 0 Å². The molecule has 0 aromatic heterocycles. The molecule has 2 N–H and O–H groups in total. The summed E-state index contributed by atoms with van der Waals surface area (Å²) in [6.45, 7) is 14.2. The fourth-order valence-electron chi connectivity index (χ4n) is 6.13. The topological polar surface area (TPSA) is 83.8 Å². The third-order valence-corrected chi connectivity index (χ3v) is 7.91. The first kappa shape index (κ1) is 24.6. The van der Waals surface area contributed by atoms with Crippen LogP contribution in [0.1, 0.15) is 80.6 Å². The molecule has 0 aliphatic heterocycles. The van der Waals surface area contributed by atoms with E-state index in [-0.39, 0.29) is 41.0 Å². The highest BCUT2D eigenvalue weighted by atomic mass is 16.6. The quantitative estimate of drug-likeness (QED) is 0.339. The molecular weight excluding hydrogens is 380 g/mol. The summed E-state index contributed by atoms with van der Waals surface area (Å²) in [5.41, 5.74) is 1.39. The highest BCUT2D eigenvalue weighted by molar-refractivity contribution is 5.87. The number of carboxylic acid groups (broad SMARTS) is 1. The van der Waals surface area contributed by atoms with Crippen LogP contribution in [0.25, 0.3) is 0 Å². The summed E-state index contributed by atoms with van der Waals surface area (Å²) in [4.78, 5) is 23.5. The minimum Gasteiger partial charge on any atom is -0.481 e. The van der Waals surface area contributed by atoms with Crippen LogP contribution in [0.15, 0.2) is 23.3 Å². The van der Waals surface area contributed by atoms with Gasteiger partial charge in [-0.25, -0.2) is 4.79 Å². The fraction of sp³-hybridized carbons (Fsp3) is 0.760. The number of carbonyl (C=O) groups excluding carboxylic acids is 1. The zero-order chi connectivity index (χ0) is 22.9. The normalized spacial score (nSPS) is 34.5. The number of allylic oxidation sites excluding steroid dienone is 3. The fourth-order valence-corrected chi connectivity index (χ4v) is 6.13. The Labute approximate surface area is 181 Å². The highest BCUT2D eigenvalue weighted by Crippen LogP contribution is 2.61. The van der Waals surface area contributed by atoms with Crippen molar-refractivity contribution >= 4 is 11.9 Å². The van der Waals surface area contributed by atoms with Crippen molar-refractivity contribution in [2.45, 2.75) is 92.8 Å². The van der Waals surface area contributed by atoms with E-state index < -0.39 is 18.2 Å². The van der Waals surface area contributed by atoms with Gasteiger partial charge in [-0.1, -0.05) is 45.4 Å². The second kappa shape index (κ2) is 9.25. The van der Waals surface area contributed by atoms with Crippen molar-refractivity contribution in [2.75, 3.05) is 0 Å². The molecule has 0 aromatic rings. The molecule has 30 heavy (non-hydrogen) atoms. The van der Waals surface area contributed by atoms with E-state index in [0.717, 1.165) is 19.3 Å². The molecule has 6 unspecified atom stereocenters. The minimum atomic E-state index is -0.752. The van der Waals surface area contributed by atoms with Gasteiger partial charge in [0.15, 0.2) is 0 Å². The Morgan fingerprint density at radius 3 is 2.53 bits per heavy atom. The Kier molecular flexibility index (Phi) is 7.60. The van der Waals surface area contributed by atoms with Crippen molar-refractivity contribution in [1.82, 2.24) is 0 Å². The third kappa shape index (κ3) is 4.82. The zero-order valence-electron chi connectivity index (χ0n) is 19.7. The number of aliphatic hydroxyl groups is 1. The molecule has 5 nitrogen and oxygen atoms in total. The number of aliphatic hydroxyl groups excluding tert-OH is 1. The van der Waals surface area contributed by atoms with E-state index >= 15 is 0 Å². The van der Waals surface area contributed by atoms with Gasteiger partial charge in [0.2, 0.25) is 0 Å². The molecular formula is C25H40O5. The van der Waals surface area contributed by atoms with Crippen LogP contribution >= 0.6 is 0 Å². The van der Waals surface area contributed by atoms with Crippen molar-refractivity contribution in [3.05, 3.63) is 23.3 Å². The van der Waals surface area contributed by atoms with E-state index in [9.17, 15) is 14.7 Å². The molecule has 0 saturated heterocycles. The van der Waals surface area contributed by atoms with Crippen molar-refractivity contribution in [3.63, 3.8) is 0 Å². The van der Waals surface area contributed by atoms with Gasteiger partial charge in [0.05, 0.1) is 6.10 Å². The van der Waals surface area contributed by atoms with Crippen LogP contribution in [-0.4, -0.2) is 34.4 Å². The molecule has 0 spiro atoms. The number of carboxylic acids is 1. The number of rotatable bonds is 7. The van der Waals surface area contributed by atoms with Gasteiger partial charge in [-0.3, -0.25) is 4.79 Å². The van der Waals surface area contributed by atoms with E-state index in [4.69, 9.17) is 9.84 Å². The maximum absolute atomic E-state index is 12.4. The second-order valence-electron chi connectivity index (χ2n) is 10.5. The summed E-state index contributed by atoms with van der Waals surface area (Å²) in [6.07, 6.45) is 6.19. The lowest BCUT2D eigenvalue weighted by Crippen LogP contribution is -2.60. The van der Waals surface area contributed by atoms with Crippen LogP contribution in [-0.2, 0) is 14.3 Å². The summed E-state index contributed by atoms with van der Waals surface area (Å²) in [6, 6.07) is 0. The standard InChI is InChI=1S/C25H40O5/c1-8-16(3)23(29)30-22-19(26)14-25(7)18(11-9-15(2)13-21(27)28)17(4)10-12-20(25)24(22,5)6/h8,10,15,18-20,22,26H,9,11-14H2,1-7H3,(H,27,28). The predicted octanol–water partition coefficient (Wildman–Crippen LogP) is 5.13. The molecule has 170 valence electrons. The van der Waals surface area contributed by atoms with Crippen molar-refractivity contribution < 1.29 is 24.5 Å². The van der Waals surface area contributed by atoms with Gasteiger partial charge in [-0.15, -0.1) is 0 Å². The number of hydrogen-bond donors (Lipinski definition) is 2. The molecule has 0 bridgehead atoms. The van der Waals surface area contributed by atoms with Crippen LogP contribution in [0.2, 0.25) is 0 Å². The van der Waals surface area contributed by atoms with E-state index in [0.29, 0.717) is 12.0 Å². The van der Waals surface area contributed by atoms with Crippen molar-refractivity contribution in [3.8, 4) is 0 Å². The monoisotopic (exact) mass is 420 g/mol. The highest BCUT2D eigenvalue weighted by Gasteiger charge is 2.59. The average Bonchev–Trinajstić information content (AvgIpc) is 2.62. The summed E-state index contributed by atoms with van der Waals surface area (Å²) in [7, 11) is 0. The van der Waals surface area contributed by atoms with Crippen LogP contribution in [0, 0.1) is 28.6 Å². The second-order valence-corrected chi connectivity index (χ2v) is 10.5. The minimum absolute atomic E-state index is 0.122. The van der Waals surface area contributed by atoms with E-state index in [2.05, 4.69) is 33.8 Å². The number of carbonyl (C=O) groups is 2. The average molecular weight is 421 g/mol. The number of fused-ring (bicyclic) bond motifs is 1. The SMILES string of the molecule is CC=C(C)C(=O)OC1C(O)CC2(C)C(CCC(C)CC(=O)O)C(C)=CCC2C1(C)C. The molecule has 5 heteroatoms. The maximum Gasteiger partial charge on any atom is 0.333 e. The lowest BCUT2D eigenvalue weighted by atomic mass is 9.46. The largest absolute Gasteiger partial charge is 0.481 e. The Hall–Kier alpha value is -1.62. The van der Waals surface area contributed by atoms with Gasteiger partial charge in [-0.05, 0) is 69.6 Å². The smallest absolute Gasteiger partial charge is 0.333 e. The van der Waals surface area contributed by atoms with Crippen LogP contribution in [0.3, 0.4) is 0 Å². The summed E-state index contributed by atoms with van der Waals surface area (Å²) in [5, 5.41) is 20.2. The number of ether oxygens (including phenoxy) is 1. The van der Waals surface area contributed by atoms with Gasteiger partial charge in [0.1, 0.15) is 6.10 Å². The molecule has 2 aliphatic carbocycles. The Morgan fingerprint density at radius 2 is 1.97 bits per heavy atom. The molecule has 1 saturated carbocycles. The summed E-state index contributed by atoms with van der Waals surface area (Å²) in [5.74, 6) is -0.438. The lowest BCUT2D eigenvalue weighted by Gasteiger charge is -2.60. The number of aliphatic carboxylic acids is 1. The van der Waals surface area contributed by atoms with E-state index in [1.54, 1.807) is 19.9 Å². The first-order valence-corrected chi connectivity index (χ1v) is 11.2. The first-order valence-electron chi connectivity index (χ1n) is 11.2. The van der Waals surface area contributed by atoms with Gasteiger partial charge >= 0.3 is 11.9 Å². The maximum atomic E-state index is 12.4. The molecule has 0 amide bonds. The molecule has 1 fully saturated rings. The summed E-state index contributed by atoms with van der Waals surface area (Å²) >= 11 is 0. The molecule has 2 rings (SSSR count). The molecule has 2 aliphatic rings. The Balaban J connectivity index is 2.27.